The Morgan fingerprint density at radius 1 is 1.14 bits per heavy atom. The highest BCUT2D eigenvalue weighted by atomic mass is 32.1. The third-order valence-corrected chi connectivity index (χ3v) is 5.69. The number of carbonyl (C=O) groups excluding carboxylic acids is 1. The molecule has 0 saturated heterocycles. The van der Waals surface area contributed by atoms with Crippen LogP contribution in [0, 0.1) is 6.92 Å². The minimum absolute atomic E-state index is 0.237. The summed E-state index contributed by atoms with van der Waals surface area (Å²) < 4.78 is 1.86. The van der Waals surface area contributed by atoms with Crippen LogP contribution in [-0.2, 0) is 0 Å². The van der Waals surface area contributed by atoms with Crippen molar-refractivity contribution in [3.63, 3.8) is 0 Å². The van der Waals surface area contributed by atoms with Crippen LogP contribution in [0.25, 0.3) is 22.0 Å². The van der Waals surface area contributed by atoms with Crippen molar-refractivity contribution in [2.75, 3.05) is 5.32 Å². The molecule has 0 unspecified atom stereocenters. The van der Waals surface area contributed by atoms with Crippen LogP contribution in [0.15, 0.2) is 53.9 Å². The minimum atomic E-state index is -0.237. The first kappa shape index (κ1) is 17.7. The third kappa shape index (κ3) is 3.66. The molecule has 4 aromatic rings. The summed E-state index contributed by atoms with van der Waals surface area (Å²) in [5, 5.41) is 17.6. The van der Waals surface area contributed by atoms with Crippen molar-refractivity contribution >= 4 is 22.9 Å². The molecule has 2 heterocycles. The van der Waals surface area contributed by atoms with Gasteiger partial charge in [0, 0.05) is 22.2 Å². The lowest BCUT2D eigenvalue weighted by atomic mass is 10.2. The van der Waals surface area contributed by atoms with Crippen LogP contribution in [0.2, 0.25) is 0 Å². The van der Waals surface area contributed by atoms with Crippen molar-refractivity contribution in [1.29, 1.82) is 0 Å². The fraction of sp³-hybridized carbons (Fsp3) is 0.190. The molecular formula is C21H18N6OS. The quantitative estimate of drug-likeness (QED) is 0.536. The summed E-state index contributed by atoms with van der Waals surface area (Å²) >= 11 is 1.46. The van der Waals surface area contributed by atoms with Gasteiger partial charge in [-0.15, -0.1) is 16.4 Å². The molecule has 1 fully saturated rings. The monoisotopic (exact) mass is 402 g/mol. The highest BCUT2D eigenvalue weighted by Crippen LogP contribution is 2.36. The molecule has 1 amide bonds. The molecule has 1 aliphatic rings. The van der Waals surface area contributed by atoms with Gasteiger partial charge in [0.15, 0.2) is 5.82 Å². The molecule has 1 saturated carbocycles. The van der Waals surface area contributed by atoms with Gasteiger partial charge >= 0.3 is 0 Å². The van der Waals surface area contributed by atoms with Gasteiger partial charge in [0.1, 0.15) is 10.7 Å². The second kappa shape index (κ2) is 7.21. The van der Waals surface area contributed by atoms with E-state index in [1.165, 1.54) is 16.9 Å². The number of rotatable bonds is 5. The average Bonchev–Trinajstić information content (AvgIpc) is 3.26. The van der Waals surface area contributed by atoms with Crippen LogP contribution in [0.4, 0.5) is 5.69 Å². The summed E-state index contributed by atoms with van der Waals surface area (Å²) in [4.78, 5) is 17.2. The first-order chi connectivity index (χ1) is 14.2. The molecule has 2 aromatic heterocycles. The lowest BCUT2D eigenvalue weighted by molar-refractivity contribution is 0.102. The Morgan fingerprint density at radius 2 is 1.97 bits per heavy atom. The number of nitrogens with zero attached hydrogens (tertiary/aromatic N) is 5. The fourth-order valence-electron chi connectivity index (χ4n) is 3.09. The lowest BCUT2D eigenvalue weighted by Crippen LogP contribution is -2.12. The molecule has 144 valence electrons. The van der Waals surface area contributed by atoms with Gasteiger partial charge in [0.2, 0.25) is 0 Å². The van der Waals surface area contributed by atoms with Crippen LogP contribution in [0.3, 0.4) is 0 Å². The molecule has 0 bridgehead atoms. The maximum Gasteiger partial charge on any atom is 0.275 e. The number of amides is 1. The number of anilines is 1. The number of carbonyl (C=O) groups is 1. The van der Waals surface area contributed by atoms with Gasteiger partial charge in [-0.05, 0) is 42.3 Å². The molecule has 7 nitrogen and oxygen atoms in total. The van der Waals surface area contributed by atoms with Gasteiger partial charge in [-0.2, -0.15) is 0 Å². The zero-order valence-corrected chi connectivity index (χ0v) is 16.6. The van der Waals surface area contributed by atoms with Crippen LogP contribution in [0.5, 0.6) is 0 Å². The minimum Gasteiger partial charge on any atom is -0.321 e. The summed E-state index contributed by atoms with van der Waals surface area (Å²) in [7, 11) is 0. The Bertz CT molecular complexity index is 1180. The highest BCUT2D eigenvalue weighted by Gasteiger charge is 2.28. The smallest absolute Gasteiger partial charge is 0.275 e. The molecule has 0 aliphatic heterocycles. The van der Waals surface area contributed by atoms with Gasteiger partial charge < -0.3 is 5.32 Å². The number of aromatic nitrogens is 5. The SMILES string of the molecule is Cc1ccc(-c2nc(C(=O)Nc3cccc(-c4nnnn4C4CC4)c3)cs2)cc1. The Hall–Kier alpha value is -3.39. The van der Waals surface area contributed by atoms with Crippen LogP contribution in [0.1, 0.15) is 34.9 Å². The van der Waals surface area contributed by atoms with Crippen LogP contribution in [-0.4, -0.2) is 31.1 Å². The molecule has 5 rings (SSSR count). The number of thiazole rings is 1. The summed E-state index contributed by atoms with van der Waals surface area (Å²) in [6.45, 7) is 2.04. The van der Waals surface area contributed by atoms with E-state index in [0.717, 1.165) is 34.8 Å². The van der Waals surface area contributed by atoms with E-state index in [0.29, 0.717) is 17.4 Å². The molecule has 1 aliphatic carbocycles. The van der Waals surface area contributed by atoms with Gasteiger partial charge in [0.25, 0.3) is 5.91 Å². The zero-order valence-electron chi connectivity index (χ0n) is 15.7. The van der Waals surface area contributed by atoms with E-state index < -0.39 is 0 Å². The summed E-state index contributed by atoms with van der Waals surface area (Å²) in [5.74, 6) is 0.484. The first-order valence-corrected chi connectivity index (χ1v) is 10.3. The van der Waals surface area contributed by atoms with E-state index in [9.17, 15) is 4.79 Å². The Labute approximate surface area is 171 Å². The summed E-state index contributed by atoms with van der Waals surface area (Å²) in [5.41, 5.74) is 4.16. The lowest BCUT2D eigenvalue weighted by Gasteiger charge is -2.07. The maximum atomic E-state index is 12.7. The Morgan fingerprint density at radius 3 is 2.76 bits per heavy atom. The molecule has 0 radical (unpaired) electrons. The fourth-order valence-corrected chi connectivity index (χ4v) is 3.89. The van der Waals surface area contributed by atoms with Crippen LogP contribution < -0.4 is 5.32 Å². The molecule has 0 spiro atoms. The topological polar surface area (TPSA) is 85.6 Å². The number of benzene rings is 2. The average molecular weight is 402 g/mol. The molecule has 1 N–H and O–H groups in total. The van der Waals surface area contributed by atoms with E-state index in [1.54, 1.807) is 5.38 Å². The molecular weight excluding hydrogens is 384 g/mol. The van der Waals surface area contributed by atoms with Crippen molar-refractivity contribution in [2.24, 2.45) is 0 Å². The molecule has 8 heteroatoms. The van der Waals surface area contributed by atoms with E-state index in [4.69, 9.17) is 0 Å². The molecule has 2 aromatic carbocycles. The van der Waals surface area contributed by atoms with Crippen molar-refractivity contribution in [3.05, 3.63) is 65.2 Å². The zero-order chi connectivity index (χ0) is 19.8. The van der Waals surface area contributed by atoms with Gasteiger partial charge in [-0.1, -0.05) is 42.0 Å². The second-order valence-electron chi connectivity index (χ2n) is 7.12. The van der Waals surface area contributed by atoms with Crippen molar-refractivity contribution in [3.8, 4) is 22.0 Å². The highest BCUT2D eigenvalue weighted by molar-refractivity contribution is 7.13. The summed E-state index contributed by atoms with van der Waals surface area (Å²) in [6.07, 6.45) is 2.20. The number of aryl methyl sites for hydroxylation is 1. The van der Waals surface area contributed by atoms with Gasteiger partial charge in [-0.25, -0.2) is 9.67 Å². The summed E-state index contributed by atoms with van der Waals surface area (Å²) in [6, 6.07) is 16.1. The standard InChI is InChI=1S/C21H18N6OS/c1-13-5-7-14(8-6-13)21-23-18(12-29-21)20(28)22-16-4-2-3-15(11-16)19-24-25-26-27(19)17-9-10-17/h2-8,11-12,17H,9-10H2,1H3,(H,22,28). The predicted molar refractivity (Wildman–Crippen MR) is 112 cm³/mol. The van der Waals surface area contributed by atoms with E-state index in [2.05, 4.69) is 25.8 Å². The van der Waals surface area contributed by atoms with E-state index >= 15 is 0 Å². The Balaban J connectivity index is 1.35. The Kier molecular flexibility index (Phi) is 4.40. The van der Waals surface area contributed by atoms with Crippen molar-refractivity contribution < 1.29 is 4.79 Å². The number of tetrazole rings is 1. The number of hydrogen-bond donors (Lipinski definition) is 1. The predicted octanol–water partition coefficient (Wildman–Crippen LogP) is 4.36. The van der Waals surface area contributed by atoms with Crippen molar-refractivity contribution in [1.82, 2.24) is 25.2 Å². The number of hydrogen-bond acceptors (Lipinski definition) is 6. The largest absolute Gasteiger partial charge is 0.321 e. The third-order valence-electron chi connectivity index (χ3n) is 4.80. The second-order valence-corrected chi connectivity index (χ2v) is 7.98. The van der Waals surface area contributed by atoms with Crippen LogP contribution >= 0.6 is 11.3 Å². The van der Waals surface area contributed by atoms with Gasteiger partial charge in [0.05, 0.1) is 6.04 Å². The normalized spacial score (nSPS) is 13.4. The number of nitrogens with one attached hydrogen (secondary N) is 1. The molecule has 0 atom stereocenters. The van der Waals surface area contributed by atoms with E-state index in [1.807, 2.05) is 60.1 Å². The van der Waals surface area contributed by atoms with Gasteiger partial charge in [-0.3, -0.25) is 4.79 Å². The first-order valence-electron chi connectivity index (χ1n) is 9.39. The van der Waals surface area contributed by atoms with E-state index in [-0.39, 0.29) is 5.91 Å². The van der Waals surface area contributed by atoms with Crippen molar-refractivity contribution in [2.45, 2.75) is 25.8 Å². The maximum absolute atomic E-state index is 12.7. The molecule has 29 heavy (non-hydrogen) atoms.